The van der Waals surface area contributed by atoms with Crippen molar-refractivity contribution in [3.63, 3.8) is 0 Å². The summed E-state index contributed by atoms with van der Waals surface area (Å²) in [4.78, 5) is 27.0. The lowest BCUT2D eigenvalue weighted by Crippen LogP contribution is -2.46. The largest absolute Gasteiger partial charge is 0.443 e. The van der Waals surface area contributed by atoms with Crippen LogP contribution in [0.25, 0.3) is 0 Å². The fourth-order valence-electron chi connectivity index (χ4n) is 3.28. The predicted octanol–water partition coefficient (Wildman–Crippen LogP) is 3.34. The summed E-state index contributed by atoms with van der Waals surface area (Å²) in [5.74, 6) is 0.0145. The Labute approximate surface area is 185 Å². The smallest absolute Gasteiger partial charge is 0.424 e. The van der Waals surface area contributed by atoms with Crippen molar-refractivity contribution in [1.82, 2.24) is 9.21 Å². The molecule has 1 unspecified atom stereocenters. The van der Waals surface area contributed by atoms with E-state index in [4.69, 9.17) is 9.47 Å². The highest BCUT2D eigenvalue weighted by atomic mass is 32.2. The van der Waals surface area contributed by atoms with Gasteiger partial charge in [-0.25, -0.2) is 13.2 Å². The standard InChI is InChI=1S/C22H34N2O6S/c1-17-9-11-19(12-10-17)31(27,28)24(21(26)30-22(3,4)5)18(2)7-6-8-20(25)23-13-15-29-16-14-23/h9-12,18H,6-8,13-16H2,1-5H3. The molecule has 1 atom stereocenters. The van der Waals surface area contributed by atoms with Gasteiger partial charge in [-0.15, -0.1) is 0 Å². The second-order valence-electron chi connectivity index (χ2n) is 8.83. The van der Waals surface area contributed by atoms with Gasteiger partial charge in [0.2, 0.25) is 5.91 Å². The minimum atomic E-state index is -4.11. The molecular formula is C22H34N2O6S. The fraction of sp³-hybridized carbons (Fsp3) is 0.636. The zero-order chi connectivity index (χ0) is 23.2. The molecule has 174 valence electrons. The number of hydrogen-bond donors (Lipinski definition) is 0. The number of benzene rings is 1. The number of sulfonamides is 1. The molecule has 0 bridgehead atoms. The van der Waals surface area contributed by atoms with Crippen molar-refractivity contribution in [2.45, 2.75) is 70.4 Å². The van der Waals surface area contributed by atoms with Crippen LogP contribution in [0, 0.1) is 6.92 Å². The van der Waals surface area contributed by atoms with Crippen LogP contribution in [0.2, 0.25) is 0 Å². The highest BCUT2D eigenvalue weighted by Gasteiger charge is 2.36. The van der Waals surface area contributed by atoms with Gasteiger partial charge in [0, 0.05) is 25.6 Å². The molecule has 1 saturated heterocycles. The van der Waals surface area contributed by atoms with Crippen molar-refractivity contribution < 1.29 is 27.5 Å². The summed E-state index contributed by atoms with van der Waals surface area (Å²) in [6.45, 7) is 10.8. The Kier molecular flexibility index (Phi) is 8.48. The summed E-state index contributed by atoms with van der Waals surface area (Å²) < 4.78 is 38.0. The third-order valence-corrected chi connectivity index (χ3v) is 6.82. The first kappa shape index (κ1) is 25.1. The van der Waals surface area contributed by atoms with E-state index >= 15 is 0 Å². The molecule has 1 aromatic rings. The van der Waals surface area contributed by atoms with Gasteiger partial charge in [0.15, 0.2) is 0 Å². The molecule has 9 heteroatoms. The second kappa shape index (κ2) is 10.5. The Morgan fingerprint density at radius 2 is 1.74 bits per heavy atom. The topological polar surface area (TPSA) is 93.2 Å². The molecule has 1 fully saturated rings. The summed E-state index contributed by atoms with van der Waals surface area (Å²) in [5.41, 5.74) is 0.0712. The van der Waals surface area contributed by atoms with Gasteiger partial charge in [-0.1, -0.05) is 17.7 Å². The van der Waals surface area contributed by atoms with Crippen molar-refractivity contribution in [2.24, 2.45) is 0 Å². The number of ether oxygens (including phenoxy) is 2. The number of carbonyl (C=O) groups is 2. The normalized spacial score (nSPS) is 16.0. The highest BCUT2D eigenvalue weighted by Crippen LogP contribution is 2.24. The Hall–Kier alpha value is -2.13. The SMILES string of the molecule is Cc1ccc(S(=O)(=O)N(C(=O)OC(C)(C)C)C(C)CCCC(=O)N2CCOCC2)cc1. The van der Waals surface area contributed by atoms with Crippen molar-refractivity contribution in [1.29, 1.82) is 0 Å². The Morgan fingerprint density at radius 1 is 1.16 bits per heavy atom. The van der Waals surface area contributed by atoms with Crippen LogP contribution >= 0.6 is 0 Å². The van der Waals surface area contributed by atoms with E-state index in [2.05, 4.69) is 0 Å². The Balaban J connectivity index is 2.14. The van der Waals surface area contributed by atoms with Gasteiger partial charge in [0.05, 0.1) is 18.1 Å². The van der Waals surface area contributed by atoms with Crippen LogP contribution in [-0.4, -0.2) is 67.6 Å². The second-order valence-corrected chi connectivity index (χ2v) is 10.6. The highest BCUT2D eigenvalue weighted by molar-refractivity contribution is 7.89. The van der Waals surface area contributed by atoms with E-state index in [1.807, 2.05) is 6.92 Å². The number of morpholine rings is 1. The molecule has 0 spiro atoms. The molecule has 31 heavy (non-hydrogen) atoms. The van der Waals surface area contributed by atoms with Crippen LogP contribution in [0.5, 0.6) is 0 Å². The lowest BCUT2D eigenvalue weighted by molar-refractivity contribution is -0.135. The molecule has 1 aliphatic rings. The van der Waals surface area contributed by atoms with Gasteiger partial charge >= 0.3 is 6.09 Å². The number of carbonyl (C=O) groups excluding carboxylic acids is 2. The summed E-state index contributed by atoms with van der Waals surface area (Å²) in [6.07, 6.45) is 0.178. The maximum atomic E-state index is 13.3. The number of hydrogen-bond acceptors (Lipinski definition) is 6. The first-order chi connectivity index (χ1) is 14.4. The number of amides is 2. The monoisotopic (exact) mass is 454 g/mol. The van der Waals surface area contributed by atoms with Crippen LogP contribution in [0.4, 0.5) is 4.79 Å². The molecule has 2 amide bonds. The van der Waals surface area contributed by atoms with Gasteiger partial charge in [-0.2, -0.15) is 4.31 Å². The summed E-state index contributed by atoms with van der Waals surface area (Å²) in [7, 11) is -4.11. The van der Waals surface area contributed by atoms with Crippen molar-refractivity contribution in [3.05, 3.63) is 29.8 Å². The zero-order valence-electron chi connectivity index (χ0n) is 19.1. The van der Waals surface area contributed by atoms with E-state index < -0.39 is 27.8 Å². The third kappa shape index (κ3) is 7.21. The van der Waals surface area contributed by atoms with E-state index in [0.717, 1.165) is 9.87 Å². The molecule has 1 aromatic carbocycles. The lowest BCUT2D eigenvalue weighted by atomic mass is 10.1. The van der Waals surface area contributed by atoms with E-state index in [0.29, 0.717) is 39.1 Å². The fourth-order valence-corrected chi connectivity index (χ4v) is 4.80. The van der Waals surface area contributed by atoms with Crippen LogP contribution in [0.1, 0.15) is 52.5 Å². The lowest BCUT2D eigenvalue weighted by Gasteiger charge is -2.31. The molecule has 0 radical (unpaired) electrons. The summed E-state index contributed by atoms with van der Waals surface area (Å²) in [5, 5.41) is 0. The predicted molar refractivity (Wildman–Crippen MR) is 117 cm³/mol. The van der Waals surface area contributed by atoms with Crippen molar-refractivity contribution >= 4 is 22.0 Å². The third-order valence-electron chi connectivity index (χ3n) is 4.93. The number of aryl methyl sites for hydroxylation is 1. The minimum absolute atomic E-state index is 0.0145. The van der Waals surface area contributed by atoms with E-state index in [1.54, 1.807) is 44.7 Å². The van der Waals surface area contributed by atoms with Crippen molar-refractivity contribution in [2.75, 3.05) is 26.3 Å². The Bertz CT molecular complexity index is 855. The van der Waals surface area contributed by atoms with E-state index in [9.17, 15) is 18.0 Å². The molecule has 8 nitrogen and oxygen atoms in total. The molecule has 0 saturated carbocycles. The number of nitrogens with zero attached hydrogens (tertiary/aromatic N) is 2. The van der Waals surface area contributed by atoms with Crippen LogP contribution in [0.15, 0.2) is 29.2 Å². The average molecular weight is 455 g/mol. The first-order valence-corrected chi connectivity index (χ1v) is 12.1. The molecule has 0 N–H and O–H groups in total. The maximum absolute atomic E-state index is 13.3. The number of rotatable bonds is 7. The molecule has 1 heterocycles. The molecular weight excluding hydrogens is 420 g/mol. The molecule has 0 aliphatic carbocycles. The van der Waals surface area contributed by atoms with Crippen LogP contribution in [0.3, 0.4) is 0 Å². The van der Waals surface area contributed by atoms with Crippen LogP contribution in [-0.2, 0) is 24.3 Å². The maximum Gasteiger partial charge on any atom is 0.424 e. The van der Waals surface area contributed by atoms with Gasteiger partial charge in [-0.3, -0.25) is 4.79 Å². The molecule has 1 aliphatic heterocycles. The molecule has 0 aromatic heterocycles. The minimum Gasteiger partial charge on any atom is -0.443 e. The first-order valence-electron chi connectivity index (χ1n) is 10.6. The van der Waals surface area contributed by atoms with Gasteiger partial charge in [0.25, 0.3) is 10.0 Å². The Morgan fingerprint density at radius 3 is 2.29 bits per heavy atom. The van der Waals surface area contributed by atoms with Crippen molar-refractivity contribution in [3.8, 4) is 0 Å². The van der Waals surface area contributed by atoms with Gasteiger partial charge in [0.1, 0.15) is 5.60 Å². The quantitative estimate of drug-likeness (QED) is 0.627. The molecule has 2 rings (SSSR count). The van der Waals surface area contributed by atoms with Gasteiger partial charge in [-0.05, 0) is 59.6 Å². The van der Waals surface area contributed by atoms with Gasteiger partial charge < -0.3 is 14.4 Å². The summed E-state index contributed by atoms with van der Waals surface area (Å²) in [6, 6.07) is 5.67. The van der Waals surface area contributed by atoms with E-state index in [1.165, 1.54) is 12.1 Å². The summed E-state index contributed by atoms with van der Waals surface area (Å²) >= 11 is 0. The van der Waals surface area contributed by atoms with Crippen LogP contribution < -0.4 is 0 Å². The average Bonchev–Trinajstić information content (AvgIpc) is 2.67. The van der Waals surface area contributed by atoms with E-state index in [-0.39, 0.29) is 17.2 Å². The zero-order valence-corrected chi connectivity index (χ0v) is 19.9.